The second-order valence-electron chi connectivity index (χ2n) is 6.20. The molecule has 24 heavy (non-hydrogen) atoms. The number of halogens is 1. The first-order chi connectivity index (χ1) is 11.4. The average molecular weight is 331 g/mol. The molecule has 8 heteroatoms. The molecule has 4 rings (SSSR count). The fourth-order valence-electron chi connectivity index (χ4n) is 3.24. The number of carbonyl (C=O) groups excluding carboxylic acids is 1. The minimum atomic E-state index is -1.35. The van der Waals surface area contributed by atoms with Crippen molar-refractivity contribution < 1.29 is 19.1 Å². The van der Waals surface area contributed by atoms with Crippen LogP contribution in [-0.2, 0) is 4.79 Å². The molecule has 0 spiro atoms. The molecule has 124 valence electrons. The van der Waals surface area contributed by atoms with Crippen molar-refractivity contribution in [1.29, 1.82) is 0 Å². The van der Waals surface area contributed by atoms with E-state index in [2.05, 4.69) is 5.32 Å². The Hall–Kier alpha value is -2.90. The van der Waals surface area contributed by atoms with Gasteiger partial charge in [0, 0.05) is 19.3 Å². The Morgan fingerprint density at radius 3 is 2.71 bits per heavy atom. The average Bonchev–Trinajstić information content (AvgIpc) is 3.31. The number of aromatic nitrogens is 1. The summed E-state index contributed by atoms with van der Waals surface area (Å²) in [6.07, 6.45) is 2.98. The van der Waals surface area contributed by atoms with E-state index in [0.29, 0.717) is 5.52 Å². The first kappa shape index (κ1) is 14.7. The van der Waals surface area contributed by atoms with Gasteiger partial charge < -0.3 is 19.9 Å². The molecule has 2 aliphatic rings. The molecule has 1 fully saturated rings. The number of fused-ring (bicyclic) bond motifs is 3. The Kier molecular flexibility index (Phi) is 2.93. The van der Waals surface area contributed by atoms with Crippen LogP contribution in [0.5, 0.6) is 0 Å². The van der Waals surface area contributed by atoms with Gasteiger partial charge in [0.15, 0.2) is 0 Å². The van der Waals surface area contributed by atoms with Gasteiger partial charge in [0.1, 0.15) is 11.4 Å². The Labute approximate surface area is 135 Å². The van der Waals surface area contributed by atoms with Crippen LogP contribution in [-0.4, -0.2) is 35.1 Å². The molecule has 7 nitrogen and oxygen atoms in total. The third-order valence-corrected chi connectivity index (χ3v) is 4.44. The van der Waals surface area contributed by atoms with E-state index in [1.54, 1.807) is 11.6 Å². The number of aromatic carboxylic acids is 1. The van der Waals surface area contributed by atoms with Crippen LogP contribution in [0.25, 0.3) is 10.9 Å². The summed E-state index contributed by atoms with van der Waals surface area (Å²) in [5.74, 6) is -2.33. The molecule has 1 aliphatic carbocycles. The van der Waals surface area contributed by atoms with Crippen LogP contribution in [0, 0.1) is 5.82 Å². The van der Waals surface area contributed by atoms with Crippen LogP contribution in [0.1, 0.15) is 29.2 Å². The SMILES string of the molecule is CN1CC(=O)Nc2c1c(F)cc1c(=O)c(C(=O)O)cn(C3CC3)c21. The van der Waals surface area contributed by atoms with Crippen LogP contribution < -0.4 is 15.6 Å². The molecule has 1 amide bonds. The van der Waals surface area contributed by atoms with Gasteiger partial charge in [-0.3, -0.25) is 9.59 Å². The molecule has 1 aromatic heterocycles. The van der Waals surface area contributed by atoms with E-state index < -0.39 is 22.8 Å². The number of nitrogens with zero attached hydrogens (tertiary/aromatic N) is 2. The highest BCUT2D eigenvalue weighted by atomic mass is 19.1. The standard InChI is InChI=1S/C16H14FN3O4/c1-19-6-11(21)18-12-13-8(4-10(17)14(12)19)15(22)9(16(23)24)5-20(13)7-2-3-7/h4-5,7H,2-3,6H2,1H3,(H,18,21)(H,23,24). The number of pyridine rings is 1. The predicted molar refractivity (Wildman–Crippen MR) is 85.3 cm³/mol. The Morgan fingerprint density at radius 2 is 2.08 bits per heavy atom. The fraction of sp³-hybridized carbons (Fsp3) is 0.312. The van der Waals surface area contributed by atoms with Crippen molar-refractivity contribution >= 4 is 34.2 Å². The van der Waals surface area contributed by atoms with E-state index in [-0.39, 0.29) is 35.3 Å². The number of amides is 1. The summed E-state index contributed by atoms with van der Waals surface area (Å²) < 4.78 is 16.2. The van der Waals surface area contributed by atoms with E-state index in [9.17, 15) is 23.9 Å². The molecule has 1 aromatic carbocycles. The molecule has 0 atom stereocenters. The smallest absolute Gasteiger partial charge is 0.341 e. The van der Waals surface area contributed by atoms with E-state index in [0.717, 1.165) is 18.9 Å². The molecular weight excluding hydrogens is 317 g/mol. The highest BCUT2D eigenvalue weighted by Gasteiger charge is 2.32. The maximum absolute atomic E-state index is 14.6. The lowest BCUT2D eigenvalue weighted by Gasteiger charge is -2.29. The first-order valence-electron chi connectivity index (χ1n) is 7.54. The van der Waals surface area contributed by atoms with E-state index >= 15 is 0 Å². The maximum atomic E-state index is 14.6. The molecule has 1 aliphatic heterocycles. The monoisotopic (exact) mass is 331 g/mol. The summed E-state index contributed by atoms with van der Waals surface area (Å²) in [5, 5.41) is 11.9. The van der Waals surface area contributed by atoms with Crippen molar-refractivity contribution in [3.8, 4) is 0 Å². The van der Waals surface area contributed by atoms with Crippen molar-refractivity contribution in [2.45, 2.75) is 18.9 Å². The van der Waals surface area contributed by atoms with E-state index in [1.807, 2.05) is 0 Å². The lowest BCUT2D eigenvalue weighted by atomic mass is 10.1. The van der Waals surface area contributed by atoms with E-state index in [1.165, 1.54) is 11.1 Å². The Balaban J connectivity index is 2.17. The normalized spacial score (nSPS) is 16.9. The van der Waals surface area contributed by atoms with Crippen LogP contribution in [0.3, 0.4) is 0 Å². The third kappa shape index (κ3) is 1.99. The van der Waals surface area contributed by atoms with Gasteiger partial charge in [0.05, 0.1) is 28.8 Å². The van der Waals surface area contributed by atoms with Crippen LogP contribution >= 0.6 is 0 Å². The van der Waals surface area contributed by atoms with Crippen molar-refractivity contribution in [2.75, 3.05) is 23.8 Å². The second kappa shape index (κ2) is 4.80. The molecule has 0 unspecified atom stereocenters. The lowest BCUT2D eigenvalue weighted by Crippen LogP contribution is -2.36. The van der Waals surface area contributed by atoms with Gasteiger partial charge >= 0.3 is 5.97 Å². The molecule has 1 saturated carbocycles. The summed E-state index contributed by atoms with van der Waals surface area (Å²) in [4.78, 5) is 37.2. The number of hydrogen-bond donors (Lipinski definition) is 2. The van der Waals surface area contributed by atoms with Gasteiger partial charge in [-0.25, -0.2) is 9.18 Å². The molecule has 2 heterocycles. The molecule has 2 aromatic rings. The number of carboxylic acid groups (broad SMARTS) is 1. The largest absolute Gasteiger partial charge is 0.477 e. The summed E-state index contributed by atoms with van der Waals surface area (Å²) >= 11 is 0. The van der Waals surface area contributed by atoms with Crippen molar-refractivity contribution in [3.63, 3.8) is 0 Å². The van der Waals surface area contributed by atoms with Gasteiger partial charge in [0.25, 0.3) is 0 Å². The lowest BCUT2D eigenvalue weighted by molar-refractivity contribution is -0.115. The molecule has 0 bridgehead atoms. The number of rotatable bonds is 2. The molecule has 0 radical (unpaired) electrons. The van der Waals surface area contributed by atoms with E-state index in [4.69, 9.17) is 0 Å². The third-order valence-electron chi connectivity index (χ3n) is 4.44. The summed E-state index contributed by atoms with van der Waals surface area (Å²) in [6.45, 7) is 0.0102. The van der Waals surface area contributed by atoms with Crippen molar-refractivity contribution in [3.05, 3.63) is 33.9 Å². The van der Waals surface area contributed by atoms with Crippen molar-refractivity contribution in [2.24, 2.45) is 0 Å². The fourth-order valence-corrected chi connectivity index (χ4v) is 3.24. The number of hydrogen-bond acceptors (Lipinski definition) is 4. The summed E-state index contributed by atoms with van der Waals surface area (Å²) in [5.41, 5.74) is -0.338. The predicted octanol–water partition coefficient (Wildman–Crippen LogP) is 1.56. The zero-order valence-electron chi connectivity index (χ0n) is 12.8. The zero-order chi connectivity index (χ0) is 17.2. The van der Waals surface area contributed by atoms with Gasteiger partial charge in [-0.15, -0.1) is 0 Å². The first-order valence-corrected chi connectivity index (χ1v) is 7.54. The molecule has 2 N–H and O–H groups in total. The minimum Gasteiger partial charge on any atom is -0.477 e. The van der Waals surface area contributed by atoms with Crippen molar-refractivity contribution in [1.82, 2.24) is 4.57 Å². The summed E-state index contributed by atoms with van der Waals surface area (Å²) in [7, 11) is 1.59. The minimum absolute atomic E-state index is 0.0102. The summed E-state index contributed by atoms with van der Waals surface area (Å²) in [6, 6.07) is 1.11. The quantitative estimate of drug-likeness (QED) is 0.871. The molecule has 0 saturated heterocycles. The van der Waals surface area contributed by atoms with Gasteiger partial charge in [-0.05, 0) is 18.9 Å². The number of nitrogens with one attached hydrogen (secondary N) is 1. The zero-order valence-corrected chi connectivity index (χ0v) is 12.8. The Morgan fingerprint density at radius 1 is 1.38 bits per heavy atom. The van der Waals surface area contributed by atoms with Crippen LogP contribution in [0.2, 0.25) is 0 Å². The van der Waals surface area contributed by atoms with Crippen LogP contribution in [0.4, 0.5) is 15.8 Å². The topological polar surface area (TPSA) is 91.6 Å². The van der Waals surface area contributed by atoms with Gasteiger partial charge in [0.2, 0.25) is 11.3 Å². The van der Waals surface area contributed by atoms with Gasteiger partial charge in [-0.1, -0.05) is 0 Å². The number of benzene rings is 1. The number of carbonyl (C=O) groups is 2. The molecular formula is C16H14FN3O4. The maximum Gasteiger partial charge on any atom is 0.341 e. The van der Waals surface area contributed by atoms with Gasteiger partial charge in [-0.2, -0.15) is 0 Å². The highest BCUT2D eigenvalue weighted by Crippen LogP contribution is 2.43. The number of likely N-dealkylation sites (N-methyl/N-ethyl adjacent to an activating group) is 1. The Bertz CT molecular complexity index is 978. The highest BCUT2D eigenvalue weighted by molar-refractivity contribution is 6.11. The number of anilines is 2. The number of carboxylic acids is 1. The van der Waals surface area contributed by atoms with Crippen LogP contribution in [0.15, 0.2) is 17.1 Å². The second-order valence-corrected chi connectivity index (χ2v) is 6.20.